The summed E-state index contributed by atoms with van der Waals surface area (Å²) in [7, 11) is 1.37. The third-order valence-electron chi connectivity index (χ3n) is 3.29. The van der Waals surface area contributed by atoms with E-state index in [1.165, 1.54) is 7.11 Å². The number of thiocarbonyl (C=S) groups is 1. The van der Waals surface area contributed by atoms with Crippen LogP contribution in [0.25, 0.3) is 0 Å². The van der Waals surface area contributed by atoms with Crippen LogP contribution in [0, 0.1) is 5.92 Å². The molecule has 0 aliphatic carbocycles. The van der Waals surface area contributed by atoms with Gasteiger partial charge >= 0.3 is 5.97 Å². The van der Waals surface area contributed by atoms with Gasteiger partial charge in [-0.05, 0) is 35.8 Å². The number of hydrogen-bond donors (Lipinski definition) is 2. The van der Waals surface area contributed by atoms with Crippen molar-refractivity contribution in [3.8, 4) is 0 Å². The van der Waals surface area contributed by atoms with Gasteiger partial charge in [-0.15, -0.1) is 0 Å². The fourth-order valence-corrected chi connectivity index (χ4v) is 2.64. The lowest BCUT2D eigenvalue weighted by atomic mass is 9.91. The monoisotopic (exact) mass is 324 g/mol. The number of rotatable bonds is 3. The van der Waals surface area contributed by atoms with Gasteiger partial charge in [0, 0.05) is 10.7 Å². The van der Waals surface area contributed by atoms with E-state index in [9.17, 15) is 4.79 Å². The Labute approximate surface area is 134 Å². The summed E-state index contributed by atoms with van der Waals surface area (Å²) in [5, 5.41) is 7.32. The molecule has 0 spiro atoms. The predicted octanol–water partition coefficient (Wildman–Crippen LogP) is 2.94. The molecule has 1 aromatic carbocycles. The highest BCUT2D eigenvalue weighted by Gasteiger charge is 2.32. The first-order chi connectivity index (χ1) is 9.93. The van der Waals surface area contributed by atoms with Crippen LogP contribution in [0.5, 0.6) is 0 Å². The Kier molecular flexibility index (Phi) is 4.85. The molecule has 2 N–H and O–H groups in total. The van der Waals surface area contributed by atoms with Crippen molar-refractivity contribution in [2.24, 2.45) is 5.92 Å². The van der Waals surface area contributed by atoms with Gasteiger partial charge in [0.05, 0.1) is 18.7 Å². The Balaban J connectivity index is 2.54. The second-order valence-electron chi connectivity index (χ2n) is 5.06. The molecular formula is C15H17ClN2O2S. The van der Waals surface area contributed by atoms with Crippen molar-refractivity contribution in [1.29, 1.82) is 0 Å². The summed E-state index contributed by atoms with van der Waals surface area (Å²) in [6, 6.07) is 6.96. The largest absolute Gasteiger partial charge is 0.466 e. The van der Waals surface area contributed by atoms with Gasteiger partial charge in [0.1, 0.15) is 0 Å². The Hall–Kier alpha value is -1.59. The smallest absolute Gasteiger partial charge is 0.337 e. The van der Waals surface area contributed by atoms with E-state index in [4.69, 9.17) is 28.6 Å². The molecule has 2 rings (SSSR count). The molecular weight excluding hydrogens is 308 g/mol. The third-order valence-corrected chi connectivity index (χ3v) is 3.76. The van der Waals surface area contributed by atoms with Crippen molar-refractivity contribution >= 4 is 34.9 Å². The van der Waals surface area contributed by atoms with Crippen LogP contribution in [-0.4, -0.2) is 18.2 Å². The van der Waals surface area contributed by atoms with Gasteiger partial charge in [0.25, 0.3) is 0 Å². The van der Waals surface area contributed by atoms with Crippen LogP contribution in [0.3, 0.4) is 0 Å². The van der Waals surface area contributed by atoms with Crippen LogP contribution in [-0.2, 0) is 9.53 Å². The van der Waals surface area contributed by atoms with Gasteiger partial charge in [0.15, 0.2) is 5.11 Å². The number of allylic oxidation sites excluding steroid dienone is 1. The van der Waals surface area contributed by atoms with E-state index in [2.05, 4.69) is 10.6 Å². The number of hydrogen-bond acceptors (Lipinski definition) is 3. The highest BCUT2D eigenvalue weighted by atomic mass is 35.5. The fourth-order valence-electron chi connectivity index (χ4n) is 2.28. The van der Waals surface area contributed by atoms with Gasteiger partial charge in [-0.25, -0.2) is 4.79 Å². The summed E-state index contributed by atoms with van der Waals surface area (Å²) < 4.78 is 4.93. The quantitative estimate of drug-likeness (QED) is 0.661. The maximum atomic E-state index is 12.2. The molecule has 0 radical (unpaired) electrons. The summed E-state index contributed by atoms with van der Waals surface area (Å²) >= 11 is 11.2. The zero-order chi connectivity index (χ0) is 15.6. The van der Waals surface area contributed by atoms with Crippen molar-refractivity contribution in [1.82, 2.24) is 10.6 Å². The Morgan fingerprint density at radius 1 is 1.33 bits per heavy atom. The fraction of sp³-hybridized carbons (Fsp3) is 0.333. The summed E-state index contributed by atoms with van der Waals surface area (Å²) in [4.78, 5) is 12.2. The van der Waals surface area contributed by atoms with Crippen molar-refractivity contribution in [2.75, 3.05) is 7.11 Å². The molecule has 0 fully saturated rings. The normalized spacial score (nSPS) is 18.3. The molecule has 4 nitrogen and oxygen atoms in total. The molecule has 0 saturated heterocycles. The van der Waals surface area contributed by atoms with E-state index < -0.39 is 0 Å². The van der Waals surface area contributed by atoms with Crippen LogP contribution in [0.1, 0.15) is 25.5 Å². The number of esters is 1. The zero-order valence-corrected chi connectivity index (χ0v) is 13.6. The number of carbonyl (C=O) groups excluding carboxylic acids is 1. The van der Waals surface area contributed by atoms with Crippen LogP contribution in [0.4, 0.5) is 0 Å². The molecule has 6 heteroatoms. The topological polar surface area (TPSA) is 50.4 Å². The minimum atomic E-state index is -0.374. The number of carbonyl (C=O) groups is 1. The molecule has 0 saturated carbocycles. The lowest BCUT2D eigenvalue weighted by molar-refractivity contribution is -0.136. The molecule has 1 aliphatic heterocycles. The summed E-state index contributed by atoms with van der Waals surface area (Å²) in [5.41, 5.74) is 2.23. The average molecular weight is 325 g/mol. The highest BCUT2D eigenvalue weighted by Crippen LogP contribution is 2.30. The molecule has 0 unspecified atom stereocenters. The van der Waals surface area contributed by atoms with Crippen LogP contribution in [0.2, 0.25) is 5.02 Å². The minimum absolute atomic E-state index is 0.119. The molecule has 21 heavy (non-hydrogen) atoms. The van der Waals surface area contributed by atoms with Crippen molar-refractivity contribution in [3.63, 3.8) is 0 Å². The standard InChI is InChI=1S/C15H17ClN2O2S/c1-8(2)12-11(14(19)20-3)13(18-15(21)17-12)9-4-6-10(16)7-5-9/h4-8,13H,1-3H3,(H2,17,18,21)/t13-/m1/s1. The lowest BCUT2D eigenvalue weighted by Crippen LogP contribution is -2.46. The van der Waals surface area contributed by atoms with Gasteiger partial charge < -0.3 is 15.4 Å². The van der Waals surface area contributed by atoms with E-state index in [0.717, 1.165) is 11.3 Å². The highest BCUT2D eigenvalue weighted by molar-refractivity contribution is 7.80. The molecule has 1 aliphatic rings. The zero-order valence-electron chi connectivity index (χ0n) is 12.1. The molecule has 0 amide bonds. The molecule has 112 valence electrons. The molecule has 1 aromatic rings. The number of nitrogens with one attached hydrogen (secondary N) is 2. The second kappa shape index (κ2) is 6.45. The van der Waals surface area contributed by atoms with E-state index in [0.29, 0.717) is 15.7 Å². The number of ether oxygens (including phenoxy) is 1. The van der Waals surface area contributed by atoms with Crippen molar-refractivity contribution in [3.05, 3.63) is 46.1 Å². The Morgan fingerprint density at radius 2 is 1.95 bits per heavy atom. The Bertz CT molecular complexity index is 596. The van der Waals surface area contributed by atoms with Crippen molar-refractivity contribution in [2.45, 2.75) is 19.9 Å². The molecule has 1 heterocycles. The van der Waals surface area contributed by atoms with Gasteiger partial charge in [-0.2, -0.15) is 0 Å². The number of benzene rings is 1. The minimum Gasteiger partial charge on any atom is -0.466 e. The molecule has 1 atom stereocenters. The van der Waals surface area contributed by atoms with Crippen LogP contribution in [0.15, 0.2) is 35.5 Å². The van der Waals surface area contributed by atoms with Crippen molar-refractivity contribution < 1.29 is 9.53 Å². The first-order valence-corrected chi connectivity index (χ1v) is 7.38. The molecule has 0 aromatic heterocycles. The number of halogens is 1. The maximum Gasteiger partial charge on any atom is 0.337 e. The van der Waals surface area contributed by atoms with Gasteiger partial charge in [-0.1, -0.05) is 37.6 Å². The van der Waals surface area contributed by atoms with Gasteiger partial charge in [-0.3, -0.25) is 0 Å². The third kappa shape index (κ3) is 3.36. The summed E-state index contributed by atoms with van der Waals surface area (Å²) in [6.07, 6.45) is 0. The SMILES string of the molecule is COC(=O)C1=C(C(C)C)NC(=S)N[C@@H]1c1ccc(Cl)cc1. The Morgan fingerprint density at radius 3 is 2.48 bits per heavy atom. The first kappa shape index (κ1) is 15.8. The lowest BCUT2D eigenvalue weighted by Gasteiger charge is -2.32. The summed E-state index contributed by atoms with van der Waals surface area (Å²) in [5.74, 6) is -0.255. The van der Waals surface area contributed by atoms with E-state index >= 15 is 0 Å². The first-order valence-electron chi connectivity index (χ1n) is 6.59. The van der Waals surface area contributed by atoms with E-state index in [-0.39, 0.29) is 17.9 Å². The predicted molar refractivity (Wildman–Crippen MR) is 86.9 cm³/mol. The average Bonchev–Trinajstić information content (AvgIpc) is 2.46. The van der Waals surface area contributed by atoms with E-state index in [1.807, 2.05) is 26.0 Å². The molecule has 0 bridgehead atoms. The second-order valence-corrected chi connectivity index (χ2v) is 5.90. The van der Waals surface area contributed by atoms with E-state index in [1.54, 1.807) is 12.1 Å². The van der Waals surface area contributed by atoms with Crippen LogP contribution < -0.4 is 10.6 Å². The summed E-state index contributed by atoms with van der Waals surface area (Å²) in [6.45, 7) is 4.00. The maximum absolute atomic E-state index is 12.2. The number of methoxy groups -OCH3 is 1. The van der Waals surface area contributed by atoms with Gasteiger partial charge in [0.2, 0.25) is 0 Å². The van der Waals surface area contributed by atoms with Crippen LogP contribution >= 0.6 is 23.8 Å².